The second-order valence-corrected chi connectivity index (χ2v) is 13.5. The Morgan fingerprint density at radius 3 is 2.72 bits per heavy atom. The molecule has 3 atom stereocenters. The second-order valence-electron chi connectivity index (χ2n) is 13.5. The maximum absolute atomic E-state index is 16.8. The molecule has 46 heavy (non-hydrogen) atoms. The van der Waals surface area contributed by atoms with E-state index in [0.717, 1.165) is 62.7 Å². The SMILES string of the molecule is [C-]#[N+]C[C@H]1CN(c2nc(OCC34CCCN3CCC4)nc3c(F)c(-c4cccc5c4C4CC4C5)c(F)cc23)CCN1C(=O)C(=C)F. The molecule has 1 amide bonds. The highest BCUT2D eigenvalue weighted by molar-refractivity contribution is 5.95. The Kier molecular flexibility index (Phi) is 6.98. The molecule has 8 rings (SSSR count). The van der Waals surface area contributed by atoms with E-state index < -0.39 is 29.4 Å². The summed E-state index contributed by atoms with van der Waals surface area (Å²) in [7, 11) is 0. The van der Waals surface area contributed by atoms with Crippen molar-refractivity contribution in [1.82, 2.24) is 19.8 Å². The Bertz CT molecular complexity index is 1810. The van der Waals surface area contributed by atoms with Gasteiger partial charge in [0.2, 0.25) is 6.54 Å². The summed E-state index contributed by atoms with van der Waals surface area (Å²) in [6.07, 6.45) is 6.16. The van der Waals surface area contributed by atoms with Crippen LogP contribution >= 0.6 is 0 Å². The largest absolute Gasteiger partial charge is 0.461 e. The predicted octanol–water partition coefficient (Wildman–Crippen LogP) is 5.66. The normalized spacial score (nSPS) is 24.4. The number of benzene rings is 2. The summed E-state index contributed by atoms with van der Waals surface area (Å²) in [5, 5.41) is 0.181. The van der Waals surface area contributed by atoms with Gasteiger partial charge < -0.3 is 19.4 Å². The molecule has 0 radical (unpaired) electrons. The van der Waals surface area contributed by atoms with E-state index in [1.54, 1.807) is 11.0 Å². The molecule has 4 fully saturated rings. The van der Waals surface area contributed by atoms with Crippen LogP contribution in [0.25, 0.3) is 26.9 Å². The molecule has 238 valence electrons. The molecule has 3 aliphatic heterocycles. The number of hydrogen-bond acceptors (Lipinski definition) is 6. The number of piperazine rings is 1. The number of ether oxygens (including phenoxy) is 1. The van der Waals surface area contributed by atoms with E-state index in [1.165, 1.54) is 11.0 Å². The maximum Gasteiger partial charge on any atom is 0.319 e. The quantitative estimate of drug-likeness (QED) is 0.249. The van der Waals surface area contributed by atoms with Crippen LogP contribution in [-0.4, -0.2) is 83.1 Å². The molecule has 3 aromatic rings. The number of halogens is 3. The van der Waals surface area contributed by atoms with E-state index in [-0.39, 0.29) is 60.0 Å². The molecule has 0 bridgehead atoms. The highest BCUT2D eigenvalue weighted by atomic mass is 19.1. The Labute approximate surface area is 265 Å². The van der Waals surface area contributed by atoms with Gasteiger partial charge in [0.15, 0.2) is 11.6 Å². The van der Waals surface area contributed by atoms with Crippen molar-refractivity contribution >= 4 is 22.6 Å². The molecule has 2 unspecified atom stereocenters. The number of anilines is 1. The molecule has 1 saturated carbocycles. The first-order chi connectivity index (χ1) is 22.3. The summed E-state index contributed by atoms with van der Waals surface area (Å²) in [5.74, 6) is -2.28. The molecule has 0 N–H and O–H groups in total. The Balaban J connectivity index is 1.23. The van der Waals surface area contributed by atoms with Gasteiger partial charge in [-0.3, -0.25) is 9.69 Å². The first-order valence-electron chi connectivity index (χ1n) is 16.2. The lowest BCUT2D eigenvalue weighted by molar-refractivity contribution is -0.131. The summed E-state index contributed by atoms with van der Waals surface area (Å²) in [5.41, 5.74) is 2.53. The molecule has 5 aliphatic rings. The van der Waals surface area contributed by atoms with Crippen LogP contribution in [-0.2, 0) is 11.2 Å². The zero-order valence-corrected chi connectivity index (χ0v) is 25.6. The lowest BCUT2D eigenvalue weighted by atomic mass is 9.93. The fourth-order valence-electron chi connectivity index (χ4n) is 8.66. The first kappa shape index (κ1) is 29.2. The third-order valence-corrected chi connectivity index (χ3v) is 10.9. The van der Waals surface area contributed by atoms with Crippen LogP contribution < -0.4 is 9.64 Å². The van der Waals surface area contributed by atoms with Crippen LogP contribution in [0.4, 0.5) is 19.0 Å². The number of aromatic nitrogens is 2. The molecule has 2 aromatic carbocycles. The third-order valence-electron chi connectivity index (χ3n) is 10.9. The fourth-order valence-corrected chi connectivity index (χ4v) is 8.66. The highest BCUT2D eigenvalue weighted by Gasteiger charge is 2.47. The van der Waals surface area contributed by atoms with Crippen molar-refractivity contribution in [3.63, 3.8) is 0 Å². The number of hydrogen-bond donors (Lipinski definition) is 0. The Morgan fingerprint density at radius 1 is 1.15 bits per heavy atom. The van der Waals surface area contributed by atoms with Crippen LogP contribution in [0.2, 0.25) is 0 Å². The van der Waals surface area contributed by atoms with E-state index in [4.69, 9.17) is 16.3 Å². The van der Waals surface area contributed by atoms with E-state index in [1.807, 2.05) is 12.1 Å². The number of rotatable bonds is 7. The van der Waals surface area contributed by atoms with E-state index in [0.29, 0.717) is 24.0 Å². The number of carbonyl (C=O) groups excluding carboxylic acids is 1. The lowest BCUT2D eigenvalue weighted by Gasteiger charge is -2.39. The summed E-state index contributed by atoms with van der Waals surface area (Å²) >= 11 is 0. The van der Waals surface area contributed by atoms with Crippen LogP contribution in [0.5, 0.6) is 6.01 Å². The highest BCUT2D eigenvalue weighted by Crippen LogP contribution is 2.59. The zero-order valence-electron chi connectivity index (χ0n) is 25.6. The van der Waals surface area contributed by atoms with E-state index in [9.17, 15) is 9.18 Å². The van der Waals surface area contributed by atoms with E-state index >= 15 is 8.78 Å². The number of fused-ring (bicyclic) bond motifs is 5. The third kappa shape index (κ3) is 4.63. The predicted molar refractivity (Wildman–Crippen MR) is 167 cm³/mol. The number of nitrogens with zero attached hydrogens (tertiary/aromatic N) is 6. The van der Waals surface area contributed by atoms with Gasteiger partial charge in [0.1, 0.15) is 29.8 Å². The van der Waals surface area contributed by atoms with Gasteiger partial charge in [0, 0.05) is 25.0 Å². The minimum Gasteiger partial charge on any atom is -0.461 e. The Hall–Kier alpha value is -4.17. The maximum atomic E-state index is 16.8. The molecule has 1 aromatic heterocycles. The molecule has 11 heteroatoms. The molecule has 4 heterocycles. The van der Waals surface area contributed by atoms with Crippen LogP contribution in [0.3, 0.4) is 0 Å². The molecular weight excluding hydrogens is 593 g/mol. The average Bonchev–Trinajstić information content (AvgIpc) is 3.32. The number of carbonyl (C=O) groups is 1. The molecule has 2 aliphatic carbocycles. The first-order valence-corrected chi connectivity index (χ1v) is 16.2. The van der Waals surface area contributed by atoms with Crippen molar-refractivity contribution in [2.45, 2.75) is 56.0 Å². The van der Waals surface area contributed by atoms with Crippen molar-refractivity contribution in [2.24, 2.45) is 5.92 Å². The minimum absolute atomic E-state index is 0.00463. The average molecular weight is 629 g/mol. The second kappa shape index (κ2) is 11.0. The molecule has 8 nitrogen and oxygen atoms in total. The van der Waals surface area contributed by atoms with E-state index in [2.05, 4.69) is 21.3 Å². The molecule has 3 saturated heterocycles. The number of amides is 1. The monoisotopic (exact) mass is 628 g/mol. The van der Waals surface area contributed by atoms with Gasteiger partial charge in [-0.2, -0.15) is 9.97 Å². The van der Waals surface area contributed by atoms with Gasteiger partial charge in [-0.05, 0) is 86.2 Å². The van der Waals surface area contributed by atoms with Crippen molar-refractivity contribution in [3.05, 3.63) is 70.8 Å². The summed E-state index contributed by atoms with van der Waals surface area (Å²) in [6, 6.07) is 6.34. The summed E-state index contributed by atoms with van der Waals surface area (Å²) in [4.78, 5) is 30.9. The van der Waals surface area contributed by atoms with Crippen LogP contribution in [0.15, 0.2) is 36.7 Å². The minimum atomic E-state index is -1.10. The topological polar surface area (TPSA) is 66.2 Å². The van der Waals surface area contributed by atoms with Gasteiger partial charge in [-0.15, -0.1) is 0 Å². The standard InChI is InChI=1S/C35H35F3N6O2/c1-20(36)33(45)44-13-12-42(18-23(44)17-39-2)32-26-16-27(37)29(24-7-3-6-21-14-22-15-25(22)28(21)24)30(38)31(26)40-34(41-32)46-19-35-8-4-10-43(35)11-5-9-35/h3,6-7,16,22-23,25H,1,4-5,8-15,17-19H2/t22?,23-,25?/m0/s1. The van der Waals surface area contributed by atoms with Crippen molar-refractivity contribution < 1.29 is 22.7 Å². The lowest BCUT2D eigenvalue weighted by Crippen LogP contribution is -2.56. The van der Waals surface area contributed by atoms with Gasteiger partial charge in [0.05, 0.1) is 11.1 Å². The van der Waals surface area contributed by atoms with Crippen molar-refractivity contribution in [2.75, 3.05) is 50.8 Å². The fraction of sp³-hybridized carbons (Fsp3) is 0.486. The van der Waals surface area contributed by atoms with Crippen LogP contribution in [0, 0.1) is 24.1 Å². The van der Waals surface area contributed by atoms with Crippen LogP contribution in [0.1, 0.15) is 49.1 Å². The molecule has 0 spiro atoms. The van der Waals surface area contributed by atoms with Crippen molar-refractivity contribution in [3.8, 4) is 17.1 Å². The zero-order chi connectivity index (χ0) is 31.7. The van der Waals surface area contributed by atoms with Gasteiger partial charge in [-0.25, -0.2) is 19.7 Å². The molecular formula is C35H35F3N6O2. The summed E-state index contributed by atoms with van der Waals surface area (Å²) < 4.78 is 53.1. The summed E-state index contributed by atoms with van der Waals surface area (Å²) in [6.45, 7) is 13.3. The Morgan fingerprint density at radius 2 is 1.96 bits per heavy atom. The van der Waals surface area contributed by atoms with Gasteiger partial charge in [0.25, 0.3) is 5.91 Å². The van der Waals surface area contributed by atoms with Gasteiger partial charge in [-0.1, -0.05) is 24.8 Å². The van der Waals surface area contributed by atoms with Crippen molar-refractivity contribution in [1.29, 1.82) is 0 Å². The van der Waals surface area contributed by atoms with Gasteiger partial charge >= 0.3 is 6.01 Å². The smallest absolute Gasteiger partial charge is 0.319 e.